The maximum Gasteiger partial charge on any atom is 0.195 e. The Kier molecular flexibility index (Phi) is 3.13. The fourth-order valence-corrected chi connectivity index (χ4v) is 2.46. The van der Waals surface area contributed by atoms with E-state index in [-0.39, 0.29) is 0 Å². The molecule has 0 fully saturated rings. The molecule has 0 spiro atoms. The van der Waals surface area contributed by atoms with E-state index in [2.05, 4.69) is 34.2 Å². The summed E-state index contributed by atoms with van der Waals surface area (Å²) in [6.07, 6.45) is 2.82. The van der Waals surface area contributed by atoms with Crippen molar-refractivity contribution < 1.29 is 0 Å². The Hall–Kier alpha value is -2.01. The predicted molar refractivity (Wildman–Crippen MR) is 78.4 cm³/mol. The Morgan fingerprint density at radius 2 is 2.11 bits per heavy atom. The molecule has 4 nitrogen and oxygen atoms in total. The molecule has 19 heavy (non-hydrogen) atoms. The van der Waals surface area contributed by atoms with Gasteiger partial charge in [-0.15, -0.1) is 0 Å². The van der Waals surface area contributed by atoms with Crippen LogP contribution < -0.4 is 0 Å². The molecule has 3 aromatic rings. The van der Waals surface area contributed by atoms with Gasteiger partial charge in [0.05, 0.1) is 5.52 Å². The van der Waals surface area contributed by atoms with Gasteiger partial charge < -0.3 is 4.57 Å². The van der Waals surface area contributed by atoms with Gasteiger partial charge in [-0.2, -0.15) is 5.10 Å². The zero-order valence-corrected chi connectivity index (χ0v) is 11.4. The third-order valence-corrected chi connectivity index (χ3v) is 3.39. The Morgan fingerprint density at radius 3 is 2.95 bits per heavy atom. The van der Waals surface area contributed by atoms with Crippen LogP contribution >= 0.6 is 12.2 Å². The zero-order chi connectivity index (χ0) is 13.2. The Bertz CT molecular complexity index is 767. The summed E-state index contributed by atoms with van der Waals surface area (Å²) in [5.74, 6) is 0.858. The van der Waals surface area contributed by atoms with E-state index in [1.54, 1.807) is 6.20 Å². The van der Waals surface area contributed by atoms with Gasteiger partial charge in [-0.3, -0.25) is 10.1 Å². The molecule has 0 amide bonds. The maximum atomic E-state index is 5.29. The summed E-state index contributed by atoms with van der Waals surface area (Å²) in [6.45, 7) is 2.98. The molecule has 2 heterocycles. The lowest BCUT2D eigenvalue weighted by Crippen LogP contribution is -2.00. The van der Waals surface area contributed by atoms with Gasteiger partial charge in [-0.25, -0.2) is 0 Å². The number of aromatic nitrogens is 4. The number of H-pyrrole nitrogens is 1. The highest BCUT2D eigenvalue weighted by Crippen LogP contribution is 2.25. The molecule has 2 aromatic heterocycles. The van der Waals surface area contributed by atoms with Gasteiger partial charge in [0.2, 0.25) is 0 Å². The van der Waals surface area contributed by atoms with Crippen molar-refractivity contribution in [1.29, 1.82) is 0 Å². The highest BCUT2D eigenvalue weighted by Gasteiger charge is 2.11. The predicted octanol–water partition coefficient (Wildman–Crippen LogP) is 3.57. The van der Waals surface area contributed by atoms with E-state index >= 15 is 0 Å². The fraction of sp³-hybridized carbons (Fsp3) is 0.214. The van der Waals surface area contributed by atoms with Crippen LogP contribution in [0.1, 0.15) is 13.3 Å². The number of nitrogens with zero attached hydrogens (tertiary/aromatic N) is 3. The number of pyridine rings is 1. The molecular weight excluding hydrogens is 256 g/mol. The first kappa shape index (κ1) is 12.0. The molecule has 96 valence electrons. The number of hydrogen-bond acceptors (Lipinski definition) is 3. The summed E-state index contributed by atoms with van der Waals surface area (Å²) in [5, 5.41) is 8.34. The fourth-order valence-electron chi connectivity index (χ4n) is 2.24. The summed E-state index contributed by atoms with van der Waals surface area (Å²) in [4.78, 5) is 4.47. The smallest absolute Gasteiger partial charge is 0.195 e. The van der Waals surface area contributed by atoms with E-state index in [1.165, 1.54) is 0 Å². The van der Waals surface area contributed by atoms with Gasteiger partial charge in [-0.05, 0) is 30.8 Å². The third-order valence-electron chi connectivity index (χ3n) is 3.08. The molecule has 0 aliphatic heterocycles. The molecule has 0 atom stereocenters. The van der Waals surface area contributed by atoms with Gasteiger partial charge in [0.1, 0.15) is 0 Å². The highest BCUT2D eigenvalue weighted by molar-refractivity contribution is 7.71. The molecule has 5 heteroatoms. The number of rotatable bonds is 3. The molecule has 3 rings (SSSR count). The second-order valence-corrected chi connectivity index (χ2v) is 4.77. The van der Waals surface area contributed by atoms with Gasteiger partial charge in [-0.1, -0.05) is 25.1 Å². The molecule has 0 aliphatic carbocycles. The van der Waals surface area contributed by atoms with Crippen LogP contribution in [0, 0.1) is 4.77 Å². The number of hydrogen-bond donors (Lipinski definition) is 1. The van der Waals surface area contributed by atoms with Crippen molar-refractivity contribution in [1.82, 2.24) is 19.7 Å². The van der Waals surface area contributed by atoms with Crippen molar-refractivity contribution in [3.63, 3.8) is 0 Å². The highest BCUT2D eigenvalue weighted by atomic mass is 32.1. The van der Waals surface area contributed by atoms with E-state index in [0.717, 1.165) is 35.3 Å². The lowest BCUT2D eigenvalue weighted by Gasteiger charge is -2.07. The Morgan fingerprint density at radius 1 is 1.26 bits per heavy atom. The van der Waals surface area contributed by atoms with Gasteiger partial charge in [0.15, 0.2) is 10.6 Å². The average molecular weight is 270 g/mol. The van der Waals surface area contributed by atoms with Crippen LogP contribution in [-0.2, 0) is 6.54 Å². The van der Waals surface area contributed by atoms with Crippen molar-refractivity contribution in [2.45, 2.75) is 19.9 Å². The summed E-state index contributed by atoms with van der Waals surface area (Å²) in [7, 11) is 0. The van der Waals surface area contributed by atoms with Crippen molar-refractivity contribution in [2.75, 3.05) is 0 Å². The SMILES string of the molecule is CCCn1c(-c2cccc3cccnc23)n[nH]c1=S. The van der Waals surface area contributed by atoms with Crippen molar-refractivity contribution in [3.8, 4) is 11.4 Å². The molecule has 0 radical (unpaired) electrons. The first-order valence-electron chi connectivity index (χ1n) is 6.30. The van der Waals surface area contributed by atoms with Crippen molar-refractivity contribution >= 4 is 23.1 Å². The quantitative estimate of drug-likeness (QED) is 0.740. The van der Waals surface area contributed by atoms with Gasteiger partial charge >= 0.3 is 0 Å². The molecule has 1 N–H and O–H groups in total. The molecule has 0 aliphatic rings. The van der Waals surface area contributed by atoms with Crippen LogP contribution in [-0.4, -0.2) is 19.7 Å². The standard InChI is InChI=1S/C14H14N4S/c1-2-9-18-13(16-17-14(18)19)11-7-3-5-10-6-4-8-15-12(10)11/h3-8H,2,9H2,1H3,(H,17,19). The van der Waals surface area contributed by atoms with Gasteiger partial charge in [0.25, 0.3) is 0 Å². The molecule has 1 aromatic carbocycles. The zero-order valence-electron chi connectivity index (χ0n) is 10.6. The number of fused-ring (bicyclic) bond motifs is 1. The van der Waals surface area contributed by atoms with E-state index in [9.17, 15) is 0 Å². The van der Waals surface area contributed by atoms with Crippen LogP contribution in [0.15, 0.2) is 36.5 Å². The first-order chi connectivity index (χ1) is 9.31. The van der Waals surface area contributed by atoms with E-state index in [4.69, 9.17) is 12.2 Å². The average Bonchev–Trinajstić information content (AvgIpc) is 2.80. The number of benzene rings is 1. The lowest BCUT2D eigenvalue weighted by atomic mass is 10.1. The Balaban J connectivity index is 2.28. The first-order valence-corrected chi connectivity index (χ1v) is 6.71. The van der Waals surface area contributed by atoms with E-state index in [0.29, 0.717) is 4.77 Å². The summed E-state index contributed by atoms with van der Waals surface area (Å²) in [5.41, 5.74) is 1.97. The minimum absolute atomic E-state index is 0.657. The molecular formula is C14H14N4S. The monoisotopic (exact) mass is 270 g/mol. The summed E-state index contributed by atoms with van der Waals surface area (Å²) in [6, 6.07) is 10.1. The maximum absolute atomic E-state index is 5.29. The summed E-state index contributed by atoms with van der Waals surface area (Å²) >= 11 is 5.29. The van der Waals surface area contributed by atoms with Crippen LogP contribution in [0.25, 0.3) is 22.3 Å². The topological polar surface area (TPSA) is 46.5 Å². The van der Waals surface area contributed by atoms with Crippen LogP contribution in [0.5, 0.6) is 0 Å². The Labute approximate surface area is 116 Å². The largest absolute Gasteiger partial charge is 0.300 e. The number of aromatic amines is 1. The number of para-hydroxylation sites is 1. The number of nitrogens with one attached hydrogen (secondary N) is 1. The second-order valence-electron chi connectivity index (χ2n) is 4.38. The van der Waals surface area contributed by atoms with E-state index < -0.39 is 0 Å². The van der Waals surface area contributed by atoms with E-state index in [1.807, 2.05) is 22.8 Å². The van der Waals surface area contributed by atoms with Crippen LogP contribution in [0.3, 0.4) is 0 Å². The van der Waals surface area contributed by atoms with Crippen molar-refractivity contribution in [2.24, 2.45) is 0 Å². The lowest BCUT2D eigenvalue weighted by molar-refractivity contribution is 0.675. The minimum atomic E-state index is 0.657. The normalized spacial score (nSPS) is 11.0. The second kappa shape index (κ2) is 4.93. The van der Waals surface area contributed by atoms with Crippen LogP contribution in [0.2, 0.25) is 0 Å². The molecule has 0 unspecified atom stereocenters. The molecule has 0 bridgehead atoms. The van der Waals surface area contributed by atoms with Gasteiger partial charge in [0, 0.05) is 23.7 Å². The minimum Gasteiger partial charge on any atom is -0.300 e. The molecule has 0 saturated heterocycles. The van der Waals surface area contributed by atoms with Crippen LogP contribution in [0.4, 0.5) is 0 Å². The third kappa shape index (κ3) is 2.06. The molecule has 0 saturated carbocycles. The van der Waals surface area contributed by atoms with Crippen molar-refractivity contribution in [3.05, 3.63) is 41.3 Å². The summed E-state index contributed by atoms with van der Waals surface area (Å²) < 4.78 is 2.68.